The van der Waals surface area contributed by atoms with Crippen LogP contribution in [0.4, 0.5) is 5.69 Å². The molecule has 0 amide bonds. The van der Waals surface area contributed by atoms with Gasteiger partial charge in [-0.15, -0.1) is 0 Å². The Morgan fingerprint density at radius 1 is 1.18 bits per heavy atom. The van der Waals surface area contributed by atoms with Gasteiger partial charge in [0.1, 0.15) is 0 Å². The van der Waals surface area contributed by atoms with Crippen LogP contribution in [0, 0.1) is 6.92 Å². The topological polar surface area (TPSA) is 91.9 Å². The Bertz CT molecular complexity index is 1120. The molecule has 0 fully saturated rings. The van der Waals surface area contributed by atoms with Crippen molar-refractivity contribution >= 4 is 33.1 Å². The molecule has 0 bridgehead atoms. The summed E-state index contributed by atoms with van der Waals surface area (Å²) in [5, 5.41) is 0.335. The highest BCUT2D eigenvalue weighted by Gasteiger charge is 2.19. The molecule has 2 N–H and O–H groups in total. The fraction of sp³-hybridized carbons (Fsp3) is 0.200. The summed E-state index contributed by atoms with van der Waals surface area (Å²) >= 11 is 6.30. The van der Waals surface area contributed by atoms with Crippen LogP contribution in [0.25, 0.3) is 0 Å². The SMILES string of the molecule is Cc1ccc(C(=O)c2ccc(C(C)c3ncc(NS(C)(=O)=O)cc3Cl)[nH]2)cc1. The first-order valence-electron chi connectivity index (χ1n) is 8.57. The number of aryl methyl sites for hydroxylation is 1. The van der Waals surface area contributed by atoms with Gasteiger partial charge in [-0.1, -0.05) is 48.4 Å². The maximum Gasteiger partial charge on any atom is 0.229 e. The van der Waals surface area contributed by atoms with Crippen molar-refractivity contribution in [2.45, 2.75) is 19.8 Å². The molecule has 146 valence electrons. The lowest BCUT2D eigenvalue weighted by Crippen LogP contribution is -2.10. The highest BCUT2D eigenvalue weighted by atomic mass is 35.5. The zero-order chi connectivity index (χ0) is 20.5. The molecule has 28 heavy (non-hydrogen) atoms. The maximum absolute atomic E-state index is 12.6. The third kappa shape index (κ3) is 4.61. The number of nitrogens with one attached hydrogen (secondary N) is 2. The van der Waals surface area contributed by atoms with E-state index in [-0.39, 0.29) is 11.7 Å². The number of sulfonamides is 1. The number of anilines is 1. The fourth-order valence-electron chi connectivity index (χ4n) is 2.84. The van der Waals surface area contributed by atoms with Crippen molar-refractivity contribution in [3.8, 4) is 0 Å². The van der Waals surface area contributed by atoms with E-state index in [0.717, 1.165) is 17.5 Å². The number of H-pyrrole nitrogens is 1. The predicted molar refractivity (Wildman–Crippen MR) is 111 cm³/mol. The number of rotatable bonds is 6. The summed E-state index contributed by atoms with van der Waals surface area (Å²) in [5.74, 6) is -0.301. The smallest absolute Gasteiger partial charge is 0.229 e. The van der Waals surface area contributed by atoms with Gasteiger partial charge in [0.25, 0.3) is 0 Å². The lowest BCUT2D eigenvalue weighted by atomic mass is 10.0. The van der Waals surface area contributed by atoms with Crippen LogP contribution >= 0.6 is 11.6 Å². The average Bonchev–Trinajstić information content (AvgIpc) is 3.10. The van der Waals surface area contributed by atoms with Gasteiger partial charge in [0, 0.05) is 17.2 Å². The first-order valence-corrected chi connectivity index (χ1v) is 10.8. The lowest BCUT2D eigenvalue weighted by molar-refractivity contribution is 0.103. The molecule has 0 saturated heterocycles. The predicted octanol–water partition coefficient (Wildman–Crippen LogP) is 4.13. The van der Waals surface area contributed by atoms with Gasteiger partial charge >= 0.3 is 0 Å². The number of carbonyl (C=O) groups is 1. The molecule has 0 aliphatic carbocycles. The van der Waals surface area contributed by atoms with Crippen LogP contribution in [0.1, 0.15) is 45.8 Å². The van der Waals surface area contributed by atoms with E-state index < -0.39 is 10.0 Å². The van der Waals surface area contributed by atoms with Crippen LogP contribution in [0.5, 0.6) is 0 Å². The van der Waals surface area contributed by atoms with Gasteiger partial charge in [-0.2, -0.15) is 0 Å². The maximum atomic E-state index is 12.6. The van der Waals surface area contributed by atoms with Gasteiger partial charge in [0.05, 0.1) is 34.6 Å². The zero-order valence-electron chi connectivity index (χ0n) is 15.7. The Morgan fingerprint density at radius 3 is 2.46 bits per heavy atom. The van der Waals surface area contributed by atoms with Crippen LogP contribution in [0.3, 0.4) is 0 Å². The number of hydrogen-bond donors (Lipinski definition) is 2. The minimum absolute atomic E-state index is 0.0924. The number of hydrogen-bond acceptors (Lipinski definition) is 4. The fourth-order valence-corrected chi connectivity index (χ4v) is 3.71. The van der Waals surface area contributed by atoms with Crippen LogP contribution in [0.2, 0.25) is 5.02 Å². The second-order valence-corrected chi connectivity index (χ2v) is 8.87. The molecule has 3 aromatic rings. The number of aromatic nitrogens is 2. The van der Waals surface area contributed by atoms with E-state index in [9.17, 15) is 13.2 Å². The summed E-state index contributed by atoms with van der Waals surface area (Å²) in [6.07, 6.45) is 2.48. The van der Waals surface area contributed by atoms with Crippen LogP contribution in [0.15, 0.2) is 48.7 Å². The Hall–Kier alpha value is -2.64. The number of benzene rings is 1. The standard InChI is InChI=1S/C20H20ClN3O3S/c1-12-4-6-14(7-5-12)20(25)18-9-8-17(23-18)13(2)19-16(21)10-15(11-22-19)24-28(3,26)27/h4-11,13,23-24H,1-3H3. The Kier molecular flexibility index (Phi) is 5.58. The number of carbonyl (C=O) groups excluding carboxylic acids is 1. The number of ketones is 1. The highest BCUT2D eigenvalue weighted by molar-refractivity contribution is 7.92. The van der Waals surface area contributed by atoms with Gasteiger partial charge in [0.2, 0.25) is 15.8 Å². The van der Waals surface area contributed by atoms with Crippen molar-refractivity contribution in [3.63, 3.8) is 0 Å². The van der Waals surface area contributed by atoms with Crippen molar-refractivity contribution in [1.29, 1.82) is 0 Å². The summed E-state index contributed by atoms with van der Waals surface area (Å²) in [6.45, 7) is 3.87. The van der Waals surface area contributed by atoms with E-state index in [1.54, 1.807) is 18.2 Å². The average molecular weight is 418 g/mol. The summed E-state index contributed by atoms with van der Waals surface area (Å²) in [4.78, 5) is 20.1. The summed E-state index contributed by atoms with van der Waals surface area (Å²) in [5.41, 5.74) is 3.85. The van der Waals surface area contributed by atoms with E-state index >= 15 is 0 Å². The molecule has 3 rings (SSSR count). The van der Waals surface area contributed by atoms with E-state index in [1.807, 2.05) is 32.0 Å². The molecule has 1 unspecified atom stereocenters. The number of halogens is 1. The molecule has 2 aromatic heterocycles. The summed E-state index contributed by atoms with van der Waals surface area (Å²) in [6, 6.07) is 12.5. The van der Waals surface area contributed by atoms with Crippen LogP contribution < -0.4 is 4.72 Å². The first-order chi connectivity index (χ1) is 13.1. The van der Waals surface area contributed by atoms with Gasteiger partial charge < -0.3 is 4.98 Å². The minimum Gasteiger partial charge on any atom is -0.355 e. The minimum atomic E-state index is -3.41. The van der Waals surface area contributed by atoms with Gasteiger partial charge in [-0.3, -0.25) is 14.5 Å². The van der Waals surface area contributed by atoms with E-state index in [4.69, 9.17) is 11.6 Å². The van der Waals surface area contributed by atoms with Crippen LogP contribution in [-0.2, 0) is 10.0 Å². The van der Waals surface area contributed by atoms with Gasteiger partial charge in [-0.05, 0) is 25.1 Å². The third-order valence-corrected chi connectivity index (χ3v) is 5.23. The summed E-state index contributed by atoms with van der Waals surface area (Å²) < 4.78 is 25.0. The number of aromatic amines is 1. The van der Waals surface area contributed by atoms with Crippen molar-refractivity contribution in [3.05, 3.63) is 81.9 Å². The molecule has 0 aliphatic rings. The molecule has 1 atom stereocenters. The van der Waals surface area contributed by atoms with Crippen LogP contribution in [-0.4, -0.2) is 30.4 Å². The Labute approximate surface area is 169 Å². The normalized spacial score (nSPS) is 12.6. The molecule has 6 nitrogen and oxygen atoms in total. The van der Waals surface area contributed by atoms with E-state index in [0.29, 0.717) is 27.7 Å². The Morgan fingerprint density at radius 2 is 1.86 bits per heavy atom. The molecule has 0 aliphatic heterocycles. The second-order valence-electron chi connectivity index (χ2n) is 6.71. The molecular formula is C20H20ClN3O3S. The van der Waals surface area contributed by atoms with Gasteiger partial charge in [-0.25, -0.2) is 8.42 Å². The van der Waals surface area contributed by atoms with E-state index in [2.05, 4.69) is 14.7 Å². The third-order valence-electron chi connectivity index (χ3n) is 4.32. The molecule has 0 saturated carbocycles. The zero-order valence-corrected chi connectivity index (χ0v) is 17.2. The molecule has 1 aromatic carbocycles. The molecule has 0 radical (unpaired) electrons. The highest BCUT2D eigenvalue weighted by Crippen LogP contribution is 2.30. The lowest BCUT2D eigenvalue weighted by Gasteiger charge is -2.13. The summed E-state index contributed by atoms with van der Waals surface area (Å²) in [7, 11) is -3.41. The molecule has 0 spiro atoms. The first kappa shape index (κ1) is 20.1. The Balaban J connectivity index is 1.83. The largest absolute Gasteiger partial charge is 0.355 e. The van der Waals surface area contributed by atoms with Crippen molar-refractivity contribution < 1.29 is 13.2 Å². The monoisotopic (exact) mass is 417 g/mol. The number of nitrogens with zero attached hydrogens (tertiary/aromatic N) is 1. The number of pyridine rings is 1. The second kappa shape index (κ2) is 7.77. The molecular weight excluding hydrogens is 398 g/mol. The molecule has 8 heteroatoms. The quantitative estimate of drug-likeness (QED) is 0.590. The van der Waals surface area contributed by atoms with Crippen molar-refractivity contribution in [2.24, 2.45) is 0 Å². The van der Waals surface area contributed by atoms with E-state index in [1.165, 1.54) is 12.3 Å². The van der Waals surface area contributed by atoms with Crippen molar-refractivity contribution in [2.75, 3.05) is 11.0 Å². The van der Waals surface area contributed by atoms with Crippen molar-refractivity contribution in [1.82, 2.24) is 9.97 Å². The van der Waals surface area contributed by atoms with Gasteiger partial charge in [0.15, 0.2) is 0 Å². The molecule has 2 heterocycles.